The van der Waals surface area contributed by atoms with Gasteiger partial charge in [-0.1, -0.05) is 13.3 Å². The van der Waals surface area contributed by atoms with E-state index < -0.39 is 0 Å². The Morgan fingerprint density at radius 1 is 1.31 bits per heavy atom. The molecule has 0 saturated heterocycles. The van der Waals surface area contributed by atoms with Gasteiger partial charge in [0, 0.05) is 19.7 Å². The van der Waals surface area contributed by atoms with E-state index in [1.165, 1.54) is 32.2 Å². The van der Waals surface area contributed by atoms with Crippen molar-refractivity contribution in [3.8, 4) is 0 Å². The Morgan fingerprint density at radius 3 is 2.62 bits per heavy atom. The van der Waals surface area contributed by atoms with Crippen LogP contribution < -0.4 is 5.32 Å². The summed E-state index contributed by atoms with van der Waals surface area (Å²) in [5.41, 5.74) is 0.682. The number of rotatable bonds is 8. The van der Waals surface area contributed by atoms with Gasteiger partial charge in [0.25, 0.3) is 0 Å². The lowest BCUT2D eigenvalue weighted by Crippen LogP contribution is -2.27. The van der Waals surface area contributed by atoms with Crippen molar-refractivity contribution < 1.29 is 4.74 Å². The minimum absolute atomic E-state index is 0.682. The van der Waals surface area contributed by atoms with Crippen LogP contribution in [0.15, 0.2) is 0 Å². The van der Waals surface area contributed by atoms with E-state index in [4.69, 9.17) is 4.74 Å². The maximum Gasteiger partial charge on any atom is 0.0590 e. The number of hydrogen-bond donors (Lipinski definition) is 1. The Morgan fingerprint density at radius 2 is 2.08 bits per heavy atom. The molecule has 1 aliphatic carbocycles. The summed E-state index contributed by atoms with van der Waals surface area (Å²) in [7, 11) is 0. The molecule has 0 heterocycles. The zero-order valence-corrected chi connectivity index (χ0v) is 9.07. The first-order valence-corrected chi connectivity index (χ1v) is 5.61. The van der Waals surface area contributed by atoms with Gasteiger partial charge in [-0.2, -0.15) is 0 Å². The van der Waals surface area contributed by atoms with Crippen molar-refractivity contribution in [2.75, 3.05) is 26.3 Å². The molecule has 0 amide bonds. The fourth-order valence-corrected chi connectivity index (χ4v) is 1.86. The van der Waals surface area contributed by atoms with Gasteiger partial charge in [0.2, 0.25) is 0 Å². The third kappa shape index (κ3) is 4.10. The normalized spacial score (nSPS) is 18.9. The number of nitrogens with one attached hydrogen (secondary N) is 1. The zero-order chi connectivity index (χ0) is 9.57. The van der Waals surface area contributed by atoms with Gasteiger partial charge >= 0.3 is 0 Å². The van der Waals surface area contributed by atoms with Gasteiger partial charge in [-0.25, -0.2) is 0 Å². The lowest BCUT2D eigenvalue weighted by atomic mass is 10.0. The zero-order valence-electron chi connectivity index (χ0n) is 9.07. The second-order valence-corrected chi connectivity index (χ2v) is 4.12. The molecule has 2 nitrogen and oxygen atoms in total. The summed E-state index contributed by atoms with van der Waals surface area (Å²) in [6.07, 6.45) is 5.59. The van der Waals surface area contributed by atoms with Crippen LogP contribution in [0.3, 0.4) is 0 Å². The maximum atomic E-state index is 5.27. The van der Waals surface area contributed by atoms with Crippen LogP contribution in [0.4, 0.5) is 0 Å². The molecule has 0 spiro atoms. The highest BCUT2D eigenvalue weighted by Gasteiger charge is 2.40. The minimum Gasteiger partial charge on any atom is -0.380 e. The van der Waals surface area contributed by atoms with E-state index in [0.29, 0.717) is 5.41 Å². The Kier molecular flexibility index (Phi) is 4.74. The largest absolute Gasteiger partial charge is 0.380 e. The fourth-order valence-electron chi connectivity index (χ4n) is 1.86. The van der Waals surface area contributed by atoms with Gasteiger partial charge in [0.15, 0.2) is 0 Å². The van der Waals surface area contributed by atoms with Crippen LogP contribution in [0, 0.1) is 5.41 Å². The molecule has 1 N–H and O–H groups in total. The van der Waals surface area contributed by atoms with E-state index in [9.17, 15) is 0 Å². The highest BCUT2D eigenvalue weighted by atomic mass is 16.5. The summed E-state index contributed by atoms with van der Waals surface area (Å²) in [5.74, 6) is 0. The molecule has 0 atom stereocenters. The van der Waals surface area contributed by atoms with Gasteiger partial charge in [0.1, 0.15) is 0 Å². The van der Waals surface area contributed by atoms with Crippen LogP contribution in [-0.2, 0) is 4.74 Å². The average molecular weight is 185 g/mol. The predicted molar refractivity (Wildman–Crippen MR) is 55.9 cm³/mol. The van der Waals surface area contributed by atoms with E-state index in [1.54, 1.807) is 0 Å². The van der Waals surface area contributed by atoms with E-state index in [1.807, 2.05) is 6.92 Å². The summed E-state index contributed by atoms with van der Waals surface area (Å²) < 4.78 is 5.27. The molecule has 0 bridgehead atoms. The molecule has 2 heteroatoms. The molecule has 1 fully saturated rings. The summed E-state index contributed by atoms with van der Waals surface area (Å²) in [4.78, 5) is 0. The quantitative estimate of drug-likeness (QED) is 0.585. The van der Waals surface area contributed by atoms with Gasteiger partial charge in [-0.05, 0) is 31.6 Å². The monoisotopic (exact) mass is 185 g/mol. The third-order valence-corrected chi connectivity index (χ3v) is 2.86. The summed E-state index contributed by atoms with van der Waals surface area (Å²) in [6, 6.07) is 0. The average Bonchev–Trinajstić information content (AvgIpc) is 2.86. The molecule has 1 aliphatic rings. The lowest BCUT2D eigenvalue weighted by molar-refractivity contribution is 0.148. The first-order chi connectivity index (χ1) is 6.33. The molecule has 0 aromatic carbocycles. The van der Waals surface area contributed by atoms with E-state index >= 15 is 0 Å². The lowest BCUT2D eigenvalue weighted by Gasteiger charge is -2.14. The second-order valence-electron chi connectivity index (χ2n) is 4.12. The van der Waals surface area contributed by atoms with Crippen molar-refractivity contribution in [2.24, 2.45) is 5.41 Å². The predicted octanol–water partition coefficient (Wildman–Crippen LogP) is 2.19. The highest BCUT2D eigenvalue weighted by molar-refractivity contribution is 4.94. The molecule has 0 radical (unpaired) electrons. The molecular formula is C11H23NO. The van der Waals surface area contributed by atoms with Crippen LogP contribution in [0.25, 0.3) is 0 Å². The highest BCUT2D eigenvalue weighted by Crippen LogP contribution is 2.48. The van der Waals surface area contributed by atoms with Gasteiger partial charge in [-0.3, -0.25) is 0 Å². The van der Waals surface area contributed by atoms with Crippen LogP contribution in [0.5, 0.6) is 0 Å². The Balaban J connectivity index is 1.93. The third-order valence-electron chi connectivity index (χ3n) is 2.86. The van der Waals surface area contributed by atoms with Crippen molar-refractivity contribution in [3.63, 3.8) is 0 Å². The summed E-state index contributed by atoms with van der Waals surface area (Å²) >= 11 is 0. The van der Waals surface area contributed by atoms with Crippen molar-refractivity contribution >= 4 is 0 Å². The van der Waals surface area contributed by atoms with Crippen LogP contribution in [-0.4, -0.2) is 26.3 Å². The second kappa shape index (κ2) is 5.61. The van der Waals surface area contributed by atoms with Crippen LogP contribution in [0.2, 0.25) is 0 Å². The molecule has 0 aliphatic heterocycles. The SMILES string of the molecule is CCCC1(CNCCOCC)CC1. The Hall–Kier alpha value is -0.0800. The number of ether oxygens (including phenoxy) is 1. The van der Waals surface area contributed by atoms with Crippen molar-refractivity contribution in [2.45, 2.75) is 39.5 Å². The van der Waals surface area contributed by atoms with Gasteiger partial charge in [0.05, 0.1) is 6.61 Å². The molecule has 78 valence electrons. The van der Waals surface area contributed by atoms with Crippen molar-refractivity contribution in [3.05, 3.63) is 0 Å². The molecular weight excluding hydrogens is 162 g/mol. The fraction of sp³-hybridized carbons (Fsp3) is 1.00. The standard InChI is InChI=1S/C11H23NO/c1-3-5-11(6-7-11)10-12-8-9-13-4-2/h12H,3-10H2,1-2H3. The Bertz CT molecular complexity index is 132. The topological polar surface area (TPSA) is 21.3 Å². The molecule has 0 unspecified atom stereocenters. The summed E-state index contributed by atoms with van der Waals surface area (Å²) in [6.45, 7) is 8.23. The van der Waals surface area contributed by atoms with Gasteiger partial charge in [-0.15, -0.1) is 0 Å². The number of hydrogen-bond acceptors (Lipinski definition) is 2. The first kappa shape index (κ1) is 11.0. The first-order valence-electron chi connectivity index (χ1n) is 5.61. The smallest absolute Gasteiger partial charge is 0.0590 e. The summed E-state index contributed by atoms with van der Waals surface area (Å²) in [5, 5.41) is 3.48. The van der Waals surface area contributed by atoms with Crippen molar-refractivity contribution in [1.29, 1.82) is 0 Å². The van der Waals surface area contributed by atoms with Crippen LogP contribution in [0.1, 0.15) is 39.5 Å². The molecule has 13 heavy (non-hydrogen) atoms. The Labute approximate surface area is 82.0 Å². The van der Waals surface area contributed by atoms with E-state index in [-0.39, 0.29) is 0 Å². The van der Waals surface area contributed by atoms with E-state index in [0.717, 1.165) is 19.8 Å². The molecule has 0 aromatic heterocycles. The minimum atomic E-state index is 0.682. The van der Waals surface area contributed by atoms with Gasteiger partial charge < -0.3 is 10.1 Å². The molecule has 0 aromatic rings. The molecule has 1 rings (SSSR count). The maximum absolute atomic E-state index is 5.27. The van der Waals surface area contributed by atoms with Crippen molar-refractivity contribution in [1.82, 2.24) is 5.32 Å². The van der Waals surface area contributed by atoms with E-state index in [2.05, 4.69) is 12.2 Å². The molecule has 1 saturated carbocycles. The van der Waals surface area contributed by atoms with Crippen LogP contribution >= 0.6 is 0 Å².